The van der Waals surface area contributed by atoms with E-state index < -0.39 is 6.09 Å². The van der Waals surface area contributed by atoms with Gasteiger partial charge >= 0.3 is 6.09 Å². The fourth-order valence-electron chi connectivity index (χ4n) is 2.85. The number of carbonyl (C=O) groups excluding carboxylic acids is 1. The van der Waals surface area contributed by atoms with E-state index in [9.17, 15) is 9.59 Å². The average Bonchev–Trinajstić information content (AvgIpc) is 2.60. The van der Waals surface area contributed by atoms with Crippen molar-refractivity contribution >= 4 is 12.0 Å². The van der Waals surface area contributed by atoms with Crippen LogP contribution in [0.25, 0.3) is 0 Å². The normalized spacial score (nSPS) is 35.4. The third kappa shape index (κ3) is 1.87. The molecule has 2 fully saturated rings. The molecule has 0 bridgehead atoms. The van der Waals surface area contributed by atoms with Gasteiger partial charge in [-0.2, -0.15) is 0 Å². The molecule has 0 aromatic rings. The molecule has 96 valence electrons. The van der Waals surface area contributed by atoms with Crippen molar-refractivity contribution in [2.75, 3.05) is 13.1 Å². The van der Waals surface area contributed by atoms with Crippen molar-refractivity contribution in [2.45, 2.75) is 33.2 Å². The van der Waals surface area contributed by atoms with Crippen molar-refractivity contribution in [1.29, 1.82) is 0 Å². The summed E-state index contributed by atoms with van der Waals surface area (Å²) < 4.78 is 0. The third-order valence-electron chi connectivity index (χ3n) is 4.00. The van der Waals surface area contributed by atoms with E-state index in [2.05, 4.69) is 5.32 Å². The van der Waals surface area contributed by atoms with Crippen LogP contribution in [0.4, 0.5) is 4.79 Å². The minimum atomic E-state index is -0.879. The lowest BCUT2D eigenvalue weighted by Gasteiger charge is -2.26. The Morgan fingerprint density at radius 2 is 1.76 bits per heavy atom. The second-order valence-electron chi connectivity index (χ2n) is 6.39. The average molecular weight is 240 g/mol. The minimum Gasteiger partial charge on any atom is -0.465 e. The van der Waals surface area contributed by atoms with Gasteiger partial charge in [-0.05, 0) is 32.6 Å². The van der Waals surface area contributed by atoms with Crippen LogP contribution < -0.4 is 5.32 Å². The number of amides is 2. The lowest BCUT2D eigenvalue weighted by Crippen LogP contribution is -2.46. The number of hydrogen-bond donors (Lipinski definition) is 2. The van der Waals surface area contributed by atoms with Crippen LogP contribution in [0.15, 0.2) is 0 Å². The zero-order valence-corrected chi connectivity index (χ0v) is 10.8. The van der Waals surface area contributed by atoms with Crippen LogP contribution in [0.1, 0.15) is 27.7 Å². The first-order valence-electron chi connectivity index (χ1n) is 5.97. The number of fused-ring (bicyclic) bond motifs is 1. The van der Waals surface area contributed by atoms with E-state index in [0.717, 1.165) is 0 Å². The molecule has 0 aromatic carbocycles. The highest BCUT2D eigenvalue weighted by Crippen LogP contribution is 2.62. The largest absolute Gasteiger partial charge is 0.465 e. The number of nitrogens with zero attached hydrogens (tertiary/aromatic N) is 1. The molecular formula is C12H20N2O3. The van der Waals surface area contributed by atoms with E-state index >= 15 is 0 Å². The van der Waals surface area contributed by atoms with Gasteiger partial charge in [-0.25, -0.2) is 4.79 Å². The van der Waals surface area contributed by atoms with Crippen molar-refractivity contribution < 1.29 is 14.7 Å². The standard InChI is InChI=1S/C12H20N2O3/c1-11(2,3)13-9(15)12(4)7-5-14(10(16)17)6-8(7)12/h7-8H,5-6H2,1-4H3,(H,13,15)(H,16,17). The van der Waals surface area contributed by atoms with Crippen LogP contribution in [0.3, 0.4) is 0 Å². The number of rotatable bonds is 1. The van der Waals surface area contributed by atoms with Crippen LogP contribution in [-0.4, -0.2) is 40.6 Å². The van der Waals surface area contributed by atoms with Crippen LogP contribution in [0, 0.1) is 17.3 Å². The van der Waals surface area contributed by atoms with Gasteiger partial charge in [0.25, 0.3) is 0 Å². The second-order valence-corrected chi connectivity index (χ2v) is 6.39. The molecular weight excluding hydrogens is 220 g/mol. The lowest BCUT2D eigenvalue weighted by atomic mass is 9.99. The summed E-state index contributed by atoms with van der Waals surface area (Å²) in [7, 11) is 0. The molecule has 2 amide bonds. The van der Waals surface area contributed by atoms with Gasteiger partial charge in [0.15, 0.2) is 0 Å². The number of piperidine rings is 1. The lowest BCUT2D eigenvalue weighted by molar-refractivity contribution is -0.128. The Kier molecular flexibility index (Phi) is 2.42. The molecule has 1 aliphatic heterocycles. The van der Waals surface area contributed by atoms with Gasteiger partial charge in [0.1, 0.15) is 0 Å². The summed E-state index contributed by atoms with van der Waals surface area (Å²) in [5.41, 5.74) is -0.595. The fraction of sp³-hybridized carbons (Fsp3) is 0.833. The van der Waals surface area contributed by atoms with Crippen molar-refractivity contribution in [3.8, 4) is 0 Å². The van der Waals surface area contributed by atoms with Gasteiger partial charge in [-0.1, -0.05) is 6.92 Å². The third-order valence-corrected chi connectivity index (χ3v) is 4.00. The summed E-state index contributed by atoms with van der Waals surface area (Å²) in [5.74, 6) is 0.451. The molecule has 1 saturated carbocycles. The second kappa shape index (κ2) is 3.37. The number of carboxylic acid groups (broad SMARTS) is 1. The van der Waals surface area contributed by atoms with E-state index in [1.54, 1.807) is 0 Å². The van der Waals surface area contributed by atoms with Crippen LogP contribution in [-0.2, 0) is 4.79 Å². The SMILES string of the molecule is CC(C)(C)NC(=O)C1(C)C2CN(C(=O)O)CC21. The van der Waals surface area contributed by atoms with E-state index in [1.165, 1.54) is 4.90 Å². The van der Waals surface area contributed by atoms with Crippen molar-refractivity contribution in [3.63, 3.8) is 0 Å². The van der Waals surface area contributed by atoms with Gasteiger partial charge in [0, 0.05) is 18.6 Å². The minimum absolute atomic E-state index is 0.0602. The molecule has 2 N–H and O–H groups in total. The first-order chi connectivity index (χ1) is 7.66. The molecule has 1 saturated heterocycles. The number of carbonyl (C=O) groups is 2. The quantitative estimate of drug-likeness (QED) is 0.722. The predicted molar refractivity (Wildman–Crippen MR) is 62.6 cm³/mol. The highest BCUT2D eigenvalue weighted by molar-refractivity contribution is 5.87. The number of nitrogens with one attached hydrogen (secondary N) is 1. The molecule has 0 radical (unpaired) electrons. The van der Waals surface area contributed by atoms with Crippen molar-refractivity contribution in [1.82, 2.24) is 10.2 Å². The molecule has 2 atom stereocenters. The van der Waals surface area contributed by atoms with E-state index in [4.69, 9.17) is 5.11 Å². The molecule has 2 rings (SSSR count). The van der Waals surface area contributed by atoms with Gasteiger partial charge in [0.2, 0.25) is 5.91 Å². The monoisotopic (exact) mass is 240 g/mol. The van der Waals surface area contributed by atoms with Crippen molar-refractivity contribution in [3.05, 3.63) is 0 Å². The van der Waals surface area contributed by atoms with Crippen molar-refractivity contribution in [2.24, 2.45) is 17.3 Å². The van der Waals surface area contributed by atoms with E-state index in [1.807, 2.05) is 27.7 Å². The Balaban J connectivity index is 1.98. The van der Waals surface area contributed by atoms with E-state index in [0.29, 0.717) is 13.1 Å². The van der Waals surface area contributed by atoms with Gasteiger partial charge in [-0.3, -0.25) is 4.79 Å². The van der Waals surface area contributed by atoms with Gasteiger partial charge in [-0.15, -0.1) is 0 Å². The summed E-state index contributed by atoms with van der Waals surface area (Å²) in [5, 5.41) is 11.9. The molecule has 5 heteroatoms. The number of likely N-dealkylation sites (tertiary alicyclic amines) is 1. The summed E-state index contributed by atoms with van der Waals surface area (Å²) in [6.45, 7) is 8.80. The summed E-state index contributed by atoms with van der Waals surface area (Å²) in [4.78, 5) is 24.4. The Morgan fingerprint density at radius 1 is 1.29 bits per heavy atom. The molecule has 0 aromatic heterocycles. The Labute approximate surface area is 101 Å². The zero-order valence-electron chi connectivity index (χ0n) is 10.8. The van der Waals surface area contributed by atoms with Crippen LogP contribution >= 0.6 is 0 Å². The Morgan fingerprint density at radius 3 is 2.12 bits per heavy atom. The van der Waals surface area contributed by atoms with E-state index in [-0.39, 0.29) is 28.7 Å². The molecule has 1 heterocycles. The zero-order chi connectivity index (χ0) is 13.0. The molecule has 1 aliphatic carbocycles. The maximum atomic E-state index is 12.2. The first-order valence-corrected chi connectivity index (χ1v) is 5.97. The smallest absolute Gasteiger partial charge is 0.407 e. The highest BCUT2D eigenvalue weighted by atomic mass is 16.4. The van der Waals surface area contributed by atoms with Crippen LogP contribution in [0.5, 0.6) is 0 Å². The highest BCUT2D eigenvalue weighted by Gasteiger charge is 2.70. The molecule has 2 unspecified atom stereocenters. The van der Waals surface area contributed by atoms with Gasteiger partial charge in [0.05, 0.1) is 5.41 Å². The fourth-order valence-corrected chi connectivity index (χ4v) is 2.85. The summed E-state index contributed by atoms with van der Waals surface area (Å²) >= 11 is 0. The summed E-state index contributed by atoms with van der Waals surface area (Å²) in [6.07, 6.45) is -0.879. The predicted octanol–water partition coefficient (Wildman–Crippen LogP) is 1.15. The topological polar surface area (TPSA) is 69.6 Å². The summed E-state index contributed by atoms with van der Waals surface area (Å²) in [6, 6.07) is 0. The molecule has 17 heavy (non-hydrogen) atoms. The molecule has 5 nitrogen and oxygen atoms in total. The number of hydrogen-bond acceptors (Lipinski definition) is 2. The first kappa shape index (κ1) is 12.2. The maximum absolute atomic E-state index is 12.2. The van der Waals surface area contributed by atoms with Gasteiger partial charge < -0.3 is 15.3 Å². The Bertz CT molecular complexity index is 360. The van der Waals surface area contributed by atoms with Crippen LogP contribution in [0.2, 0.25) is 0 Å². The molecule has 2 aliphatic rings. The molecule has 0 spiro atoms. The maximum Gasteiger partial charge on any atom is 0.407 e. The Hall–Kier alpha value is -1.26.